The highest BCUT2D eigenvalue weighted by molar-refractivity contribution is 5.41. The van der Waals surface area contributed by atoms with E-state index in [4.69, 9.17) is 0 Å². The highest BCUT2D eigenvalue weighted by atomic mass is 16.3. The van der Waals surface area contributed by atoms with E-state index < -0.39 is 6.10 Å². The van der Waals surface area contributed by atoms with Crippen molar-refractivity contribution in [2.45, 2.75) is 19.6 Å². The summed E-state index contributed by atoms with van der Waals surface area (Å²) in [7, 11) is 3.65. The van der Waals surface area contributed by atoms with Crippen LogP contribution >= 0.6 is 0 Å². The van der Waals surface area contributed by atoms with Crippen molar-refractivity contribution in [1.82, 2.24) is 15.1 Å². The maximum Gasteiger partial charge on any atom is 0.268 e. The maximum atomic E-state index is 11.7. The summed E-state index contributed by atoms with van der Waals surface area (Å²) in [4.78, 5) is 13.7. The molecule has 17 heavy (non-hydrogen) atoms. The van der Waals surface area contributed by atoms with Crippen LogP contribution in [0, 0.1) is 0 Å². The van der Waals surface area contributed by atoms with E-state index in [-0.39, 0.29) is 12.1 Å². The number of anilines is 1. The van der Waals surface area contributed by atoms with Gasteiger partial charge in [-0.25, -0.2) is 4.68 Å². The third kappa shape index (κ3) is 3.83. The average Bonchev–Trinajstić information content (AvgIpc) is 2.31. The van der Waals surface area contributed by atoms with Crippen LogP contribution < -0.4 is 15.8 Å². The van der Waals surface area contributed by atoms with E-state index in [2.05, 4.69) is 10.4 Å². The second kappa shape index (κ2) is 6.36. The van der Waals surface area contributed by atoms with Gasteiger partial charge in [-0.05, 0) is 14.0 Å². The molecular formula is C11H20N4O2. The Labute approximate surface area is 101 Å². The lowest BCUT2D eigenvalue weighted by Gasteiger charge is -2.17. The fraction of sp³-hybridized carbons (Fsp3) is 0.636. The van der Waals surface area contributed by atoms with Gasteiger partial charge >= 0.3 is 0 Å². The molecule has 1 rings (SSSR count). The molecule has 0 spiro atoms. The Morgan fingerprint density at radius 1 is 1.65 bits per heavy atom. The third-order valence-corrected chi connectivity index (χ3v) is 2.59. The van der Waals surface area contributed by atoms with Crippen molar-refractivity contribution in [2.75, 3.05) is 32.1 Å². The summed E-state index contributed by atoms with van der Waals surface area (Å²) in [6.45, 7) is 3.45. The molecule has 0 saturated heterocycles. The number of likely N-dealkylation sites (N-methyl/N-ethyl adjacent to an activating group) is 1. The van der Waals surface area contributed by atoms with E-state index in [1.54, 1.807) is 13.2 Å². The molecule has 0 aromatic carbocycles. The number of hydrogen-bond donors (Lipinski definition) is 2. The molecule has 1 unspecified atom stereocenters. The minimum absolute atomic E-state index is 0.196. The molecule has 6 nitrogen and oxygen atoms in total. The van der Waals surface area contributed by atoms with E-state index in [0.29, 0.717) is 6.54 Å². The molecule has 0 radical (unpaired) electrons. The van der Waals surface area contributed by atoms with E-state index in [1.165, 1.54) is 10.7 Å². The van der Waals surface area contributed by atoms with E-state index in [9.17, 15) is 9.90 Å². The second-order valence-corrected chi connectivity index (χ2v) is 3.96. The van der Waals surface area contributed by atoms with Crippen LogP contribution in [0.4, 0.5) is 5.69 Å². The van der Waals surface area contributed by atoms with Gasteiger partial charge in [0.05, 0.1) is 24.5 Å². The van der Waals surface area contributed by atoms with Gasteiger partial charge in [-0.1, -0.05) is 0 Å². The quantitative estimate of drug-likeness (QED) is 0.686. The van der Waals surface area contributed by atoms with E-state index in [1.807, 2.05) is 18.9 Å². The smallest absolute Gasteiger partial charge is 0.268 e. The van der Waals surface area contributed by atoms with Gasteiger partial charge in [0, 0.05) is 26.2 Å². The fourth-order valence-corrected chi connectivity index (χ4v) is 1.45. The van der Waals surface area contributed by atoms with Crippen molar-refractivity contribution in [1.29, 1.82) is 0 Å². The first-order valence-electron chi connectivity index (χ1n) is 5.69. The molecule has 0 aliphatic heterocycles. The number of aliphatic hydroxyl groups is 1. The van der Waals surface area contributed by atoms with Crippen LogP contribution in [-0.4, -0.2) is 48.2 Å². The average molecular weight is 240 g/mol. The molecule has 1 heterocycles. The largest absolute Gasteiger partial charge is 0.390 e. The Kier molecular flexibility index (Phi) is 5.11. The van der Waals surface area contributed by atoms with E-state index >= 15 is 0 Å². The molecule has 2 N–H and O–H groups in total. The van der Waals surface area contributed by atoms with Crippen molar-refractivity contribution in [3.8, 4) is 0 Å². The van der Waals surface area contributed by atoms with Crippen LogP contribution in [-0.2, 0) is 6.54 Å². The van der Waals surface area contributed by atoms with Crippen molar-refractivity contribution < 1.29 is 5.11 Å². The second-order valence-electron chi connectivity index (χ2n) is 3.96. The summed E-state index contributed by atoms with van der Waals surface area (Å²) >= 11 is 0. The zero-order valence-electron chi connectivity index (χ0n) is 10.6. The Bertz CT molecular complexity index is 405. The van der Waals surface area contributed by atoms with Gasteiger partial charge in [-0.3, -0.25) is 4.79 Å². The molecule has 0 fully saturated rings. The molecule has 0 aliphatic carbocycles. The number of aromatic nitrogens is 2. The van der Waals surface area contributed by atoms with Gasteiger partial charge in [0.15, 0.2) is 0 Å². The van der Waals surface area contributed by atoms with Crippen LogP contribution in [0.25, 0.3) is 0 Å². The molecule has 0 saturated carbocycles. The SMILES string of the molecule is CCN(C)c1cnn(CC(O)CNC)c(=O)c1. The standard InChI is InChI=1S/C11H20N4O2/c1-4-14(3)9-5-11(17)15(13-6-9)8-10(16)7-12-2/h5-6,10,12,16H,4,7-8H2,1-3H3. The van der Waals surface area contributed by atoms with Crippen molar-refractivity contribution in [2.24, 2.45) is 0 Å². The van der Waals surface area contributed by atoms with Gasteiger partial charge in [0.1, 0.15) is 0 Å². The molecular weight excluding hydrogens is 220 g/mol. The number of nitrogens with zero attached hydrogens (tertiary/aromatic N) is 3. The van der Waals surface area contributed by atoms with Crippen molar-refractivity contribution in [3.05, 3.63) is 22.6 Å². The molecule has 1 aromatic rings. The lowest BCUT2D eigenvalue weighted by atomic mass is 10.3. The number of hydrogen-bond acceptors (Lipinski definition) is 5. The lowest BCUT2D eigenvalue weighted by molar-refractivity contribution is 0.147. The predicted octanol–water partition coefficient (Wildman–Crippen LogP) is -0.720. The number of rotatable bonds is 6. The van der Waals surface area contributed by atoms with Gasteiger partial charge in [0.2, 0.25) is 0 Å². The monoisotopic (exact) mass is 240 g/mol. The van der Waals surface area contributed by atoms with Gasteiger partial charge in [-0.15, -0.1) is 0 Å². The van der Waals surface area contributed by atoms with Gasteiger partial charge in [0.25, 0.3) is 5.56 Å². The van der Waals surface area contributed by atoms with Crippen molar-refractivity contribution in [3.63, 3.8) is 0 Å². The molecule has 0 bridgehead atoms. The van der Waals surface area contributed by atoms with Gasteiger partial charge in [-0.2, -0.15) is 5.10 Å². The first kappa shape index (κ1) is 13.7. The topological polar surface area (TPSA) is 70.4 Å². The summed E-state index contributed by atoms with van der Waals surface area (Å²) in [6, 6.07) is 1.53. The first-order valence-corrected chi connectivity index (χ1v) is 5.69. The van der Waals surface area contributed by atoms with Crippen LogP contribution in [0.3, 0.4) is 0 Å². The number of aliphatic hydroxyl groups excluding tert-OH is 1. The molecule has 1 aromatic heterocycles. The minimum atomic E-state index is -0.611. The summed E-state index contributed by atoms with van der Waals surface area (Å²) in [6.07, 6.45) is 1.02. The lowest BCUT2D eigenvalue weighted by Crippen LogP contribution is -2.34. The zero-order valence-corrected chi connectivity index (χ0v) is 10.6. The fourth-order valence-electron chi connectivity index (χ4n) is 1.45. The summed E-state index contributed by atoms with van der Waals surface area (Å²) < 4.78 is 1.27. The Hall–Kier alpha value is -1.40. The minimum Gasteiger partial charge on any atom is -0.390 e. The Morgan fingerprint density at radius 2 is 2.35 bits per heavy atom. The van der Waals surface area contributed by atoms with Crippen LogP contribution in [0.15, 0.2) is 17.1 Å². The molecule has 0 aliphatic rings. The predicted molar refractivity (Wildman–Crippen MR) is 67.4 cm³/mol. The summed E-state index contributed by atoms with van der Waals surface area (Å²) in [5.41, 5.74) is 0.592. The Morgan fingerprint density at radius 3 is 2.88 bits per heavy atom. The van der Waals surface area contributed by atoms with Crippen molar-refractivity contribution >= 4 is 5.69 Å². The summed E-state index contributed by atoms with van der Waals surface area (Å²) in [5, 5.41) is 16.5. The normalized spacial score (nSPS) is 12.5. The summed E-state index contributed by atoms with van der Waals surface area (Å²) in [5.74, 6) is 0. The molecule has 96 valence electrons. The first-order chi connectivity index (χ1) is 8.08. The highest BCUT2D eigenvalue weighted by Gasteiger charge is 2.07. The molecule has 1 atom stereocenters. The zero-order chi connectivity index (χ0) is 12.8. The molecule has 0 amide bonds. The maximum absolute atomic E-state index is 11.7. The van der Waals surface area contributed by atoms with Crippen LogP contribution in [0.5, 0.6) is 0 Å². The van der Waals surface area contributed by atoms with Crippen LogP contribution in [0.1, 0.15) is 6.92 Å². The van der Waals surface area contributed by atoms with Gasteiger partial charge < -0.3 is 15.3 Å². The van der Waals surface area contributed by atoms with Crippen LogP contribution in [0.2, 0.25) is 0 Å². The van der Waals surface area contributed by atoms with E-state index in [0.717, 1.165) is 12.2 Å². The Balaban J connectivity index is 2.80. The number of nitrogens with one attached hydrogen (secondary N) is 1. The molecule has 6 heteroatoms. The highest BCUT2D eigenvalue weighted by Crippen LogP contribution is 2.05. The third-order valence-electron chi connectivity index (χ3n) is 2.59.